The molecule has 0 bridgehead atoms. The predicted molar refractivity (Wildman–Crippen MR) is 152 cm³/mol. The highest BCUT2D eigenvalue weighted by Gasteiger charge is 2.36. The van der Waals surface area contributed by atoms with Crippen molar-refractivity contribution in [1.82, 2.24) is 4.90 Å². The van der Waals surface area contributed by atoms with Crippen LogP contribution in [0.5, 0.6) is 0 Å². The number of imide groups is 1. The topological polar surface area (TPSA) is 106 Å². The molecule has 202 valence electrons. The molecular formula is C27H22Cl2N2O6S2. The molecule has 1 aromatic heterocycles. The summed E-state index contributed by atoms with van der Waals surface area (Å²) in [6.45, 7) is 1.73. The highest BCUT2D eigenvalue weighted by Crippen LogP contribution is 2.35. The van der Waals surface area contributed by atoms with Crippen molar-refractivity contribution in [2.75, 3.05) is 18.5 Å². The van der Waals surface area contributed by atoms with E-state index in [4.69, 9.17) is 32.4 Å². The first-order valence-electron chi connectivity index (χ1n) is 11.8. The number of nitrogens with one attached hydrogen (secondary N) is 1. The van der Waals surface area contributed by atoms with Crippen LogP contribution in [0.25, 0.3) is 6.08 Å². The lowest BCUT2D eigenvalue weighted by Gasteiger charge is -2.13. The largest absolute Gasteiger partial charge is 0.462 e. The fraction of sp³-hybridized carbons (Fsp3) is 0.185. The first-order chi connectivity index (χ1) is 18.7. The van der Waals surface area contributed by atoms with Crippen molar-refractivity contribution in [2.45, 2.75) is 29.8 Å². The summed E-state index contributed by atoms with van der Waals surface area (Å²) in [5.41, 5.74) is 0.377. The number of thioether (sulfide) groups is 1. The third-order valence-corrected chi connectivity index (χ3v) is 7.70. The number of hydrogen-bond acceptors (Lipinski definition) is 8. The minimum absolute atomic E-state index is 0.103. The molecule has 0 aliphatic carbocycles. The molecule has 0 spiro atoms. The van der Waals surface area contributed by atoms with Crippen molar-refractivity contribution >= 4 is 81.5 Å². The monoisotopic (exact) mass is 604 g/mol. The number of hydrogen-bond donors (Lipinski definition) is 1. The maximum absolute atomic E-state index is 12.8. The van der Waals surface area contributed by atoms with Crippen LogP contribution in [-0.2, 0) is 14.3 Å². The molecule has 39 heavy (non-hydrogen) atoms. The molecule has 8 nitrogen and oxygen atoms in total. The number of amides is 3. The van der Waals surface area contributed by atoms with Crippen molar-refractivity contribution in [1.29, 1.82) is 0 Å². The average Bonchev–Trinajstić information content (AvgIpc) is 3.45. The van der Waals surface area contributed by atoms with Crippen LogP contribution in [0.3, 0.4) is 0 Å². The van der Waals surface area contributed by atoms with Crippen molar-refractivity contribution in [3.05, 3.63) is 80.9 Å². The molecule has 4 rings (SSSR count). The number of halogens is 2. The predicted octanol–water partition coefficient (Wildman–Crippen LogP) is 7.37. The van der Waals surface area contributed by atoms with Crippen LogP contribution < -0.4 is 5.32 Å². The molecule has 12 heteroatoms. The zero-order valence-electron chi connectivity index (χ0n) is 20.6. The quantitative estimate of drug-likeness (QED) is 0.145. The number of carbonyl (C=O) groups excluding carboxylic acids is 4. The van der Waals surface area contributed by atoms with E-state index in [-0.39, 0.29) is 27.8 Å². The highest BCUT2D eigenvalue weighted by molar-refractivity contribution is 8.18. The summed E-state index contributed by atoms with van der Waals surface area (Å²) < 4.78 is 10.9. The maximum atomic E-state index is 12.8. The number of nitrogens with zero attached hydrogens (tertiary/aromatic N) is 1. The van der Waals surface area contributed by atoms with Gasteiger partial charge in [0, 0.05) is 21.7 Å². The van der Waals surface area contributed by atoms with Gasteiger partial charge in [0.2, 0.25) is 5.91 Å². The summed E-state index contributed by atoms with van der Waals surface area (Å²) in [4.78, 5) is 52.2. The molecule has 1 fully saturated rings. The second-order valence-electron chi connectivity index (χ2n) is 8.21. The van der Waals surface area contributed by atoms with E-state index < -0.39 is 29.6 Å². The Kier molecular flexibility index (Phi) is 9.79. The Morgan fingerprint density at radius 2 is 1.87 bits per heavy atom. The molecule has 1 aliphatic rings. The van der Waals surface area contributed by atoms with Gasteiger partial charge in [-0.25, -0.2) is 4.79 Å². The van der Waals surface area contributed by atoms with Crippen LogP contribution in [-0.4, -0.2) is 41.1 Å². The van der Waals surface area contributed by atoms with Gasteiger partial charge in [-0.1, -0.05) is 48.3 Å². The molecule has 1 aliphatic heterocycles. The van der Waals surface area contributed by atoms with Crippen LogP contribution in [0.1, 0.15) is 35.9 Å². The van der Waals surface area contributed by atoms with Gasteiger partial charge >= 0.3 is 5.97 Å². The van der Waals surface area contributed by atoms with Gasteiger partial charge < -0.3 is 14.5 Å². The zero-order valence-corrected chi connectivity index (χ0v) is 23.7. The maximum Gasteiger partial charge on any atom is 0.339 e. The number of esters is 1. The molecule has 3 amide bonds. The highest BCUT2D eigenvalue weighted by atomic mass is 35.5. The van der Waals surface area contributed by atoms with Crippen LogP contribution in [0.15, 0.2) is 73.9 Å². The van der Waals surface area contributed by atoms with Crippen LogP contribution in [0.4, 0.5) is 10.5 Å². The summed E-state index contributed by atoms with van der Waals surface area (Å²) in [6.07, 6.45) is 3.05. The number of anilines is 1. The second kappa shape index (κ2) is 13.3. The average molecular weight is 606 g/mol. The van der Waals surface area contributed by atoms with E-state index in [2.05, 4.69) is 5.32 Å². The number of ether oxygens (including phenoxy) is 1. The van der Waals surface area contributed by atoms with Gasteiger partial charge in [-0.2, -0.15) is 0 Å². The van der Waals surface area contributed by atoms with E-state index >= 15 is 0 Å². The van der Waals surface area contributed by atoms with E-state index in [0.717, 1.165) is 22.6 Å². The molecule has 0 unspecified atom stereocenters. The van der Waals surface area contributed by atoms with E-state index in [1.807, 2.05) is 19.1 Å². The van der Waals surface area contributed by atoms with E-state index in [9.17, 15) is 19.2 Å². The summed E-state index contributed by atoms with van der Waals surface area (Å²) in [7, 11) is 0. The minimum atomic E-state index is -0.620. The number of carbonyl (C=O) groups is 4. The fourth-order valence-corrected chi connectivity index (χ4v) is 5.26. The Balaban J connectivity index is 1.37. The Morgan fingerprint density at radius 1 is 1.10 bits per heavy atom. The fourth-order valence-electron chi connectivity index (χ4n) is 3.34. The van der Waals surface area contributed by atoms with E-state index in [0.29, 0.717) is 27.6 Å². The Labute approximate surface area is 243 Å². The summed E-state index contributed by atoms with van der Waals surface area (Å²) in [5, 5.41) is 3.41. The van der Waals surface area contributed by atoms with Gasteiger partial charge in [0.15, 0.2) is 5.09 Å². The minimum Gasteiger partial charge on any atom is -0.462 e. The standard InChI is InChI=1S/C27H22Cl2N2O6S2/c1-2-3-12-36-26(34)20-13-17(6-10-21(20)29)30-23(32)15-31-25(33)22(39-27(31)35)14-18-7-11-24(37-18)38-19-8-4-16(28)5-9-19/h4-11,13-14H,2-3,12,15H2,1H3,(H,30,32)/b22-14-. The smallest absolute Gasteiger partial charge is 0.339 e. The van der Waals surface area contributed by atoms with Gasteiger partial charge in [0.25, 0.3) is 11.1 Å². The lowest BCUT2D eigenvalue weighted by Crippen LogP contribution is -2.36. The Bertz CT molecular complexity index is 1440. The Morgan fingerprint density at radius 3 is 2.62 bits per heavy atom. The van der Waals surface area contributed by atoms with Crippen LogP contribution >= 0.6 is 46.7 Å². The lowest BCUT2D eigenvalue weighted by molar-refractivity contribution is -0.127. The van der Waals surface area contributed by atoms with E-state index in [1.54, 1.807) is 24.3 Å². The first kappa shape index (κ1) is 28.8. The Hall–Kier alpha value is -3.18. The van der Waals surface area contributed by atoms with Gasteiger partial charge in [0.1, 0.15) is 12.3 Å². The molecule has 1 saturated heterocycles. The number of rotatable bonds is 10. The van der Waals surface area contributed by atoms with Crippen molar-refractivity contribution in [2.24, 2.45) is 0 Å². The van der Waals surface area contributed by atoms with Gasteiger partial charge in [-0.05, 0) is 72.8 Å². The van der Waals surface area contributed by atoms with Crippen LogP contribution in [0.2, 0.25) is 10.0 Å². The molecule has 2 aromatic carbocycles. The van der Waals surface area contributed by atoms with Gasteiger partial charge in [-0.15, -0.1) is 0 Å². The first-order valence-corrected chi connectivity index (χ1v) is 14.2. The third kappa shape index (κ3) is 7.69. The molecule has 0 radical (unpaired) electrons. The number of furan rings is 1. The summed E-state index contributed by atoms with van der Waals surface area (Å²) in [6, 6.07) is 15.0. The number of benzene rings is 2. The summed E-state index contributed by atoms with van der Waals surface area (Å²) >= 11 is 14.1. The SMILES string of the molecule is CCCCOC(=O)c1cc(NC(=O)CN2C(=O)S/C(=C\c3ccc(Sc4ccc(Cl)cc4)o3)C2=O)ccc1Cl. The van der Waals surface area contributed by atoms with Crippen molar-refractivity contribution in [3.63, 3.8) is 0 Å². The number of unbranched alkanes of at least 4 members (excludes halogenated alkanes) is 1. The van der Waals surface area contributed by atoms with Gasteiger partial charge in [0.05, 0.1) is 22.1 Å². The molecule has 3 aromatic rings. The third-order valence-electron chi connectivity index (χ3n) is 5.28. The summed E-state index contributed by atoms with van der Waals surface area (Å²) in [5.74, 6) is -1.44. The zero-order chi connectivity index (χ0) is 27.9. The molecular weight excluding hydrogens is 583 g/mol. The van der Waals surface area contributed by atoms with Crippen LogP contribution in [0, 0.1) is 0 Å². The van der Waals surface area contributed by atoms with E-state index in [1.165, 1.54) is 36.0 Å². The molecule has 2 heterocycles. The van der Waals surface area contributed by atoms with Crippen molar-refractivity contribution < 1.29 is 28.3 Å². The normalized spacial score (nSPS) is 14.2. The van der Waals surface area contributed by atoms with Crippen molar-refractivity contribution in [3.8, 4) is 0 Å². The molecule has 0 saturated carbocycles. The second-order valence-corrected chi connectivity index (χ2v) is 11.1. The van der Waals surface area contributed by atoms with Gasteiger partial charge in [-0.3, -0.25) is 19.3 Å². The lowest BCUT2D eigenvalue weighted by atomic mass is 10.2. The molecule has 0 atom stereocenters. The molecule has 1 N–H and O–H groups in total.